The second-order valence-corrected chi connectivity index (χ2v) is 8.02. The third kappa shape index (κ3) is 4.22. The lowest BCUT2D eigenvalue weighted by molar-refractivity contribution is -0.384. The maximum absolute atomic E-state index is 13.6. The van der Waals surface area contributed by atoms with Crippen molar-refractivity contribution in [1.29, 1.82) is 0 Å². The maximum atomic E-state index is 13.6. The van der Waals surface area contributed by atoms with Gasteiger partial charge in [0.05, 0.1) is 11.0 Å². The van der Waals surface area contributed by atoms with Crippen LogP contribution in [0.3, 0.4) is 0 Å². The van der Waals surface area contributed by atoms with Crippen LogP contribution in [0.5, 0.6) is 0 Å². The van der Waals surface area contributed by atoms with E-state index in [9.17, 15) is 14.9 Å². The van der Waals surface area contributed by atoms with Gasteiger partial charge in [-0.3, -0.25) is 19.8 Å². The number of nitro groups is 1. The first kappa shape index (κ1) is 20.8. The second-order valence-electron chi connectivity index (χ2n) is 8.02. The summed E-state index contributed by atoms with van der Waals surface area (Å²) in [6, 6.07) is 18.1. The first-order chi connectivity index (χ1) is 15.0. The molecular weight excluding hydrogens is 392 g/mol. The molecule has 0 bridgehead atoms. The lowest BCUT2D eigenvalue weighted by Crippen LogP contribution is -2.37. The highest BCUT2D eigenvalue weighted by molar-refractivity contribution is 5.97. The molecule has 0 aliphatic carbocycles. The lowest BCUT2D eigenvalue weighted by Gasteiger charge is -2.33. The Hall–Kier alpha value is -3.45. The summed E-state index contributed by atoms with van der Waals surface area (Å²) < 4.78 is 2.09. The molecule has 1 aliphatic heterocycles. The van der Waals surface area contributed by atoms with Crippen LogP contribution in [0.25, 0.3) is 0 Å². The summed E-state index contributed by atoms with van der Waals surface area (Å²) in [4.78, 5) is 26.9. The van der Waals surface area contributed by atoms with Crippen LogP contribution in [0.4, 0.5) is 11.4 Å². The Morgan fingerprint density at radius 2 is 1.94 bits per heavy atom. The van der Waals surface area contributed by atoms with Gasteiger partial charge < -0.3 is 9.88 Å². The van der Waals surface area contributed by atoms with Gasteiger partial charge in [0.1, 0.15) is 11.7 Å². The smallest absolute Gasteiger partial charge is 0.293 e. The Kier molecular flexibility index (Phi) is 5.86. The summed E-state index contributed by atoms with van der Waals surface area (Å²) in [5, 5.41) is 14.4. The van der Waals surface area contributed by atoms with E-state index in [0.717, 1.165) is 36.2 Å². The standard InChI is InChI=1S/C24H26N4O3/c1-17-12-13-19(22(16-17)28(30)31)25-24(29)23(18-8-4-3-5-9-18)27-15-7-11-21(27)20-10-6-14-26(20)2/h3-6,8-10,12-14,16,21,23H,7,11,15H2,1-2H3,(H,25,29)/t21-,23+/m1/s1. The number of hydrogen-bond acceptors (Lipinski definition) is 4. The molecule has 1 amide bonds. The van der Waals surface area contributed by atoms with Crippen molar-refractivity contribution in [3.05, 3.63) is 93.8 Å². The maximum Gasteiger partial charge on any atom is 0.293 e. The Bertz CT molecular complexity index is 1090. The molecule has 31 heavy (non-hydrogen) atoms. The van der Waals surface area contributed by atoms with Crippen LogP contribution in [0.2, 0.25) is 0 Å². The Morgan fingerprint density at radius 1 is 1.16 bits per heavy atom. The van der Waals surface area contributed by atoms with Crippen LogP contribution >= 0.6 is 0 Å². The number of hydrogen-bond donors (Lipinski definition) is 1. The number of likely N-dealkylation sites (tertiary alicyclic amines) is 1. The van der Waals surface area contributed by atoms with Crippen LogP contribution < -0.4 is 5.32 Å². The zero-order chi connectivity index (χ0) is 22.0. The van der Waals surface area contributed by atoms with E-state index in [1.165, 1.54) is 6.07 Å². The third-order valence-electron chi connectivity index (χ3n) is 5.92. The largest absolute Gasteiger partial charge is 0.353 e. The monoisotopic (exact) mass is 418 g/mol. The number of anilines is 1. The van der Waals surface area contributed by atoms with Crippen molar-refractivity contribution in [3.8, 4) is 0 Å². The molecule has 2 heterocycles. The Balaban J connectivity index is 1.70. The van der Waals surface area contributed by atoms with E-state index < -0.39 is 11.0 Å². The number of carbonyl (C=O) groups is 1. The molecule has 1 saturated heterocycles. The zero-order valence-electron chi connectivity index (χ0n) is 17.7. The molecule has 0 radical (unpaired) electrons. The lowest BCUT2D eigenvalue weighted by atomic mass is 10.0. The number of rotatable bonds is 6. The van der Waals surface area contributed by atoms with Crippen LogP contribution in [0.1, 0.15) is 41.7 Å². The van der Waals surface area contributed by atoms with Crippen LogP contribution in [0.15, 0.2) is 66.9 Å². The molecule has 7 nitrogen and oxygen atoms in total. The minimum atomic E-state index is -0.551. The van der Waals surface area contributed by atoms with E-state index >= 15 is 0 Å². The molecular formula is C24H26N4O3. The van der Waals surface area contributed by atoms with Gasteiger partial charge in [0, 0.05) is 25.0 Å². The van der Waals surface area contributed by atoms with Gasteiger partial charge in [0.2, 0.25) is 5.91 Å². The molecule has 7 heteroatoms. The molecule has 0 spiro atoms. The Labute approximate surface area is 181 Å². The van der Waals surface area contributed by atoms with Crippen molar-refractivity contribution in [2.24, 2.45) is 7.05 Å². The van der Waals surface area contributed by atoms with Crippen molar-refractivity contribution in [3.63, 3.8) is 0 Å². The van der Waals surface area contributed by atoms with Crippen LogP contribution in [-0.2, 0) is 11.8 Å². The highest BCUT2D eigenvalue weighted by atomic mass is 16.6. The minimum absolute atomic E-state index is 0.0967. The summed E-state index contributed by atoms with van der Waals surface area (Å²) in [5.74, 6) is -0.265. The summed E-state index contributed by atoms with van der Waals surface area (Å²) in [5.41, 5.74) is 2.92. The normalized spacial score (nSPS) is 17.4. The van der Waals surface area contributed by atoms with Gasteiger partial charge in [0.25, 0.3) is 5.69 Å². The molecule has 2 atom stereocenters. The van der Waals surface area contributed by atoms with Gasteiger partial charge in [0.15, 0.2) is 0 Å². The first-order valence-corrected chi connectivity index (χ1v) is 10.4. The van der Waals surface area contributed by atoms with Crippen molar-refractivity contribution in [2.75, 3.05) is 11.9 Å². The summed E-state index contributed by atoms with van der Waals surface area (Å²) in [6.07, 6.45) is 3.95. The molecule has 1 aromatic heterocycles. The van der Waals surface area contributed by atoms with Gasteiger partial charge in [-0.2, -0.15) is 0 Å². The molecule has 1 fully saturated rings. The molecule has 1 N–H and O–H groups in total. The average molecular weight is 418 g/mol. The summed E-state index contributed by atoms with van der Waals surface area (Å²) >= 11 is 0. The molecule has 160 valence electrons. The molecule has 0 saturated carbocycles. The fraction of sp³-hybridized carbons (Fsp3) is 0.292. The number of aryl methyl sites for hydroxylation is 2. The van der Waals surface area contributed by atoms with Gasteiger partial charge >= 0.3 is 0 Å². The number of nitro benzene ring substituents is 1. The number of benzene rings is 2. The predicted octanol–water partition coefficient (Wildman–Crippen LogP) is 4.76. The van der Waals surface area contributed by atoms with E-state index in [-0.39, 0.29) is 23.3 Å². The predicted molar refractivity (Wildman–Crippen MR) is 120 cm³/mol. The van der Waals surface area contributed by atoms with E-state index in [0.29, 0.717) is 0 Å². The zero-order valence-corrected chi connectivity index (χ0v) is 17.7. The van der Waals surface area contributed by atoms with E-state index in [1.54, 1.807) is 19.1 Å². The average Bonchev–Trinajstić information content (AvgIpc) is 3.39. The number of nitrogens with zero attached hydrogens (tertiary/aromatic N) is 3. The highest BCUT2D eigenvalue weighted by Crippen LogP contribution is 2.39. The fourth-order valence-electron chi connectivity index (χ4n) is 4.46. The third-order valence-corrected chi connectivity index (χ3v) is 5.92. The first-order valence-electron chi connectivity index (χ1n) is 10.4. The van der Waals surface area contributed by atoms with E-state index in [4.69, 9.17) is 0 Å². The fourth-order valence-corrected chi connectivity index (χ4v) is 4.46. The number of amides is 1. The van der Waals surface area contributed by atoms with Gasteiger partial charge in [-0.1, -0.05) is 36.4 Å². The number of aromatic nitrogens is 1. The quantitative estimate of drug-likeness (QED) is 0.462. The number of nitrogens with one attached hydrogen (secondary N) is 1. The molecule has 1 aliphatic rings. The van der Waals surface area contributed by atoms with Gasteiger partial charge in [-0.15, -0.1) is 0 Å². The highest BCUT2D eigenvalue weighted by Gasteiger charge is 2.38. The molecule has 3 aromatic rings. The molecule has 0 unspecified atom stereocenters. The Morgan fingerprint density at radius 3 is 2.61 bits per heavy atom. The van der Waals surface area contributed by atoms with Crippen molar-refractivity contribution >= 4 is 17.3 Å². The van der Waals surface area contributed by atoms with E-state index in [2.05, 4.69) is 20.9 Å². The SMILES string of the molecule is Cc1ccc(NC(=O)[C@H](c2ccccc2)N2CCC[C@@H]2c2cccn2C)c([N+](=O)[O-])c1. The summed E-state index contributed by atoms with van der Waals surface area (Å²) in [6.45, 7) is 2.57. The van der Waals surface area contributed by atoms with E-state index in [1.807, 2.05) is 49.6 Å². The minimum Gasteiger partial charge on any atom is -0.353 e. The summed E-state index contributed by atoms with van der Waals surface area (Å²) in [7, 11) is 2.01. The number of carbonyl (C=O) groups excluding carboxylic acids is 1. The molecule has 2 aromatic carbocycles. The van der Waals surface area contributed by atoms with Crippen molar-refractivity contribution < 1.29 is 9.72 Å². The molecule has 4 rings (SSSR count). The van der Waals surface area contributed by atoms with Crippen molar-refractivity contribution in [2.45, 2.75) is 31.8 Å². The van der Waals surface area contributed by atoms with Crippen LogP contribution in [-0.4, -0.2) is 26.8 Å². The van der Waals surface area contributed by atoms with Gasteiger partial charge in [-0.25, -0.2) is 0 Å². The van der Waals surface area contributed by atoms with Crippen molar-refractivity contribution in [1.82, 2.24) is 9.47 Å². The second kappa shape index (κ2) is 8.73. The van der Waals surface area contributed by atoms with Crippen LogP contribution in [0, 0.1) is 17.0 Å². The topological polar surface area (TPSA) is 80.4 Å². The van der Waals surface area contributed by atoms with Gasteiger partial charge in [-0.05, 0) is 55.6 Å².